The predicted octanol–water partition coefficient (Wildman–Crippen LogP) is -7.29. The molecule has 0 aromatic heterocycles. The zero-order valence-electron chi connectivity index (χ0n) is 21.7. The molecule has 232 valence electrons. The molecule has 3 fully saturated rings. The second kappa shape index (κ2) is 14.0. The summed E-state index contributed by atoms with van der Waals surface area (Å²) in [5.41, 5.74) is 0. The van der Waals surface area contributed by atoms with Crippen molar-refractivity contribution in [2.24, 2.45) is 0 Å². The monoisotopic (exact) mass is 586 g/mol. The van der Waals surface area contributed by atoms with Crippen LogP contribution in [0.25, 0.3) is 0 Å². The van der Waals surface area contributed by atoms with Gasteiger partial charge in [-0.2, -0.15) is 0 Å². The Kier molecular flexibility index (Phi) is 11.5. The maximum Gasteiger partial charge on any atom is 0.217 e. The Labute approximate surface area is 228 Å². The van der Waals surface area contributed by atoms with Crippen molar-refractivity contribution >= 4 is 11.8 Å². The van der Waals surface area contributed by atoms with Crippen molar-refractivity contribution in [3.05, 3.63) is 0 Å². The van der Waals surface area contributed by atoms with Crippen LogP contribution in [-0.2, 0) is 33.3 Å². The van der Waals surface area contributed by atoms with Gasteiger partial charge in [0.05, 0.1) is 19.8 Å². The number of aliphatic hydroxyl groups is 9. The fourth-order valence-electron chi connectivity index (χ4n) is 4.76. The molecule has 15 atom stereocenters. The van der Waals surface area contributed by atoms with Gasteiger partial charge in [-0.15, -0.1) is 0 Å². The predicted molar refractivity (Wildman–Crippen MR) is 124 cm³/mol. The van der Waals surface area contributed by atoms with Crippen LogP contribution in [0, 0.1) is 0 Å². The lowest BCUT2D eigenvalue weighted by Gasteiger charge is -2.47. The fourth-order valence-corrected chi connectivity index (χ4v) is 4.76. The lowest BCUT2D eigenvalue weighted by Crippen LogP contribution is -2.68. The van der Waals surface area contributed by atoms with E-state index in [0.29, 0.717) is 0 Å². The van der Waals surface area contributed by atoms with E-state index in [2.05, 4.69) is 10.6 Å². The van der Waals surface area contributed by atoms with Gasteiger partial charge < -0.3 is 80.3 Å². The van der Waals surface area contributed by atoms with Crippen molar-refractivity contribution in [2.75, 3.05) is 19.8 Å². The molecule has 0 aromatic rings. The SMILES string of the molecule is CC(=O)N[C@H]1[C@H](OC[C@H]2OC(O)[C@H](NC(C)=O)[C@@H](O)[C@H]2O)O[C@H](CO)[C@@H](O)[C@@H]1O[C@@H]1O[C@H](CO)[C@H](O)[C@H](O)[C@H]1O. The third kappa shape index (κ3) is 7.23. The zero-order chi connectivity index (χ0) is 29.9. The van der Waals surface area contributed by atoms with E-state index in [1.807, 2.05) is 0 Å². The summed E-state index contributed by atoms with van der Waals surface area (Å²) < 4.78 is 27.5. The first-order valence-corrected chi connectivity index (χ1v) is 12.6. The molecule has 11 N–H and O–H groups in total. The largest absolute Gasteiger partial charge is 0.394 e. The third-order valence-corrected chi connectivity index (χ3v) is 6.88. The summed E-state index contributed by atoms with van der Waals surface area (Å²) in [4.78, 5) is 23.4. The number of carbonyl (C=O) groups is 2. The number of amides is 2. The third-order valence-electron chi connectivity index (χ3n) is 6.88. The van der Waals surface area contributed by atoms with Crippen LogP contribution in [0.4, 0.5) is 0 Å². The quantitative estimate of drug-likeness (QED) is 0.120. The molecule has 3 rings (SSSR count). The van der Waals surface area contributed by atoms with Gasteiger partial charge in [-0.3, -0.25) is 9.59 Å². The maximum absolute atomic E-state index is 12.0. The highest BCUT2D eigenvalue weighted by atomic mass is 16.7. The van der Waals surface area contributed by atoms with Crippen LogP contribution in [0.1, 0.15) is 13.8 Å². The normalized spacial score (nSPS) is 46.0. The van der Waals surface area contributed by atoms with E-state index in [-0.39, 0.29) is 0 Å². The summed E-state index contributed by atoms with van der Waals surface area (Å²) in [7, 11) is 0. The van der Waals surface area contributed by atoms with Crippen molar-refractivity contribution in [3.63, 3.8) is 0 Å². The standard InChI is InChI=1S/C22H38N2O16/c1-6(27)23-11-16(32)14(30)10(37-20(11)35)5-36-21-12(24-7(2)28)19(15(31)9(4-26)38-21)40-22-18(34)17(33)13(29)8(3-25)39-22/h8-22,25-26,29-35H,3-5H2,1-2H3,(H,23,27)(H,24,28)/t8-,9-,10-,11-,12-,13+,14+,15-,16-,17+,18-,19-,20?,21-,22+/m1/s1. The van der Waals surface area contributed by atoms with Crippen molar-refractivity contribution in [2.45, 2.75) is 106 Å². The minimum absolute atomic E-state index is 0.580. The summed E-state index contributed by atoms with van der Waals surface area (Å²) in [6, 6.07) is -2.72. The first-order chi connectivity index (χ1) is 18.8. The van der Waals surface area contributed by atoms with Crippen LogP contribution in [0.5, 0.6) is 0 Å². The lowest BCUT2D eigenvalue weighted by molar-refractivity contribution is -0.348. The second-order valence-corrected chi connectivity index (χ2v) is 9.85. The first kappa shape index (κ1) is 32.9. The van der Waals surface area contributed by atoms with Crippen LogP contribution >= 0.6 is 0 Å². The summed E-state index contributed by atoms with van der Waals surface area (Å²) in [5.74, 6) is -1.25. The summed E-state index contributed by atoms with van der Waals surface area (Å²) in [6.45, 7) is 0.143. The average Bonchev–Trinajstić information content (AvgIpc) is 2.90. The zero-order valence-corrected chi connectivity index (χ0v) is 21.7. The molecule has 3 heterocycles. The Hall–Kier alpha value is -1.62. The number of hydrogen-bond donors (Lipinski definition) is 11. The molecule has 2 amide bonds. The Morgan fingerprint density at radius 2 is 1.18 bits per heavy atom. The van der Waals surface area contributed by atoms with Gasteiger partial charge in [0.2, 0.25) is 11.8 Å². The molecule has 18 nitrogen and oxygen atoms in total. The highest BCUT2D eigenvalue weighted by Crippen LogP contribution is 2.30. The number of nitrogens with one attached hydrogen (secondary N) is 2. The molecule has 40 heavy (non-hydrogen) atoms. The molecule has 18 heteroatoms. The molecular weight excluding hydrogens is 548 g/mol. The Balaban J connectivity index is 1.79. The number of aliphatic hydroxyl groups excluding tert-OH is 9. The lowest BCUT2D eigenvalue weighted by atomic mass is 9.95. The smallest absolute Gasteiger partial charge is 0.217 e. The van der Waals surface area contributed by atoms with E-state index in [0.717, 1.165) is 13.8 Å². The van der Waals surface area contributed by atoms with Gasteiger partial charge in [-0.25, -0.2) is 0 Å². The fraction of sp³-hybridized carbons (Fsp3) is 0.909. The van der Waals surface area contributed by atoms with E-state index >= 15 is 0 Å². The van der Waals surface area contributed by atoms with Crippen LogP contribution in [0.3, 0.4) is 0 Å². The van der Waals surface area contributed by atoms with E-state index < -0.39 is 124 Å². The molecule has 1 unspecified atom stereocenters. The Morgan fingerprint density at radius 1 is 0.650 bits per heavy atom. The molecule has 0 bridgehead atoms. The molecule has 0 aliphatic carbocycles. The average molecular weight is 587 g/mol. The van der Waals surface area contributed by atoms with Gasteiger partial charge in [0.15, 0.2) is 18.9 Å². The van der Waals surface area contributed by atoms with E-state index in [1.165, 1.54) is 0 Å². The van der Waals surface area contributed by atoms with E-state index in [9.17, 15) is 55.5 Å². The van der Waals surface area contributed by atoms with Crippen LogP contribution < -0.4 is 10.6 Å². The second-order valence-electron chi connectivity index (χ2n) is 9.85. The minimum atomic E-state index is -1.86. The van der Waals surface area contributed by atoms with Gasteiger partial charge in [-0.1, -0.05) is 0 Å². The highest BCUT2D eigenvalue weighted by Gasteiger charge is 2.52. The summed E-state index contributed by atoms with van der Waals surface area (Å²) >= 11 is 0. The Bertz CT molecular complexity index is 852. The molecule has 3 aliphatic rings. The topological polar surface area (TPSA) is 286 Å². The minimum Gasteiger partial charge on any atom is -0.394 e. The Morgan fingerprint density at radius 3 is 1.75 bits per heavy atom. The van der Waals surface area contributed by atoms with Crippen molar-refractivity contribution in [1.82, 2.24) is 10.6 Å². The highest BCUT2D eigenvalue weighted by molar-refractivity contribution is 5.73. The number of rotatable bonds is 9. The molecule has 3 saturated heterocycles. The van der Waals surface area contributed by atoms with Crippen LogP contribution in [0.15, 0.2) is 0 Å². The number of carbonyl (C=O) groups excluding carboxylic acids is 2. The molecule has 3 aliphatic heterocycles. The van der Waals surface area contributed by atoms with Gasteiger partial charge >= 0.3 is 0 Å². The van der Waals surface area contributed by atoms with Crippen LogP contribution in [-0.4, -0.2) is 170 Å². The van der Waals surface area contributed by atoms with Gasteiger partial charge in [0.25, 0.3) is 0 Å². The summed E-state index contributed by atoms with van der Waals surface area (Å²) in [6.07, 6.45) is -21.0. The molecule has 0 spiro atoms. The van der Waals surface area contributed by atoms with Gasteiger partial charge in [0.1, 0.15) is 73.1 Å². The van der Waals surface area contributed by atoms with E-state index in [4.69, 9.17) is 23.7 Å². The molecule has 0 saturated carbocycles. The molecule has 0 radical (unpaired) electrons. The van der Waals surface area contributed by atoms with Crippen molar-refractivity contribution in [3.8, 4) is 0 Å². The molecular formula is C22H38N2O16. The van der Waals surface area contributed by atoms with Crippen LogP contribution in [0.2, 0.25) is 0 Å². The number of ether oxygens (including phenoxy) is 5. The summed E-state index contributed by atoms with van der Waals surface area (Å²) in [5, 5.41) is 96.3. The first-order valence-electron chi connectivity index (χ1n) is 12.6. The number of hydrogen-bond acceptors (Lipinski definition) is 16. The maximum atomic E-state index is 12.0. The van der Waals surface area contributed by atoms with E-state index in [1.54, 1.807) is 0 Å². The van der Waals surface area contributed by atoms with Gasteiger partial charge in [0, 0.05) is 13.8 Å². The van der Waals surface area contributed by atoms with Gasteiger partial charge in [-0.05, 0) is 0 Å². The molecule has 0 aromatic carbocycles. The van der Waals surface area contributed by atoms with Crippen molar-refractivity contribution < 1.29 is 79.2 Å². The van der Waals surface area contributed by atoms with Crippen molar-refractivity contribution in [1.29, 1.82) is 0 Å².